The number of primary amides is 1. The molecule has 0 aromatic carbocycles. The van der Waals surface area contributed by atoms with Crippen LogP contribution in [0.5, 0.6) is 0 Å². The quantitative estimate of drug-likeness (QED) is 0.584. The molecule has 8 heteroatoms. The minimum absolute atomic E-state index is 0.424. The fourth-order valence-corrected chi connectivity index (χ4v) is 1.75. The van der Waals surface area contributed by atoms with Crippen molar-refractivity contribution < 1.29 is 22.5 Å². The van der Waals surface area contributed by atoms with Gasteiger partial charge >= 0.3 is 11.4 Å². The maximum Gasteiger partial charge on any atom is 0.302 e. The van der Waals surface area contributed by atoms with Crippen LogP contribution in [-0.2, 0) is 25.1 Å². The highest BCUT2D eigenvalue weighted by atomic mass is 32.2. The number of rotatable bonds is 4. The van der Waals surface area contributed by atoms with Crippen LogP contribution in [0.4, 0.5) is 0 Å². The first-order chi connectivity index (χ1) is 7.02. The Labute approximate surface area is 89.0 Å². The SMILES string of the molecule is NC(=O)C1CCCN1C(=O)COS(=O)O. The minimum Gasteiger partial charge on any atom is -0.368 e. The summed E-state index contributed by atoms with van der Waals surface area (Å²) in [4.78, 5) is 23.6. The maximum atomic E-state index is 11.4. The molecule has 0 saturated carbocycles. The molecular formula is C7H12N2O5S. The summed E-state index contributed by atoms with van der Waals surface area (Å²) in [6.07, 6.45) is 1.23. The van der Waals surface area contributed by atoms with Crippen molar-refractivity contribution in [3.05, 3.63) is 0 Å². The number of hydrogen-bond acceptors (Lipinski definition) is 4. The number of amides is 2. The molecule has 0 radical (unpaired) electrons. The van der Waals surface area contributed by atoms with Crippen LogP contribution in [0, 0.1) is 0 Å². The maximum absolute atomic E-state index is 11.4. The highest BCUT2D eigenvalue weighted by Gasteiger charge is 2.32. The molecule has 15 heavy (non-hydrogen) atoms. The molecule has 0 bridgehead atoms. The summed E-state index contributed by atoms with van der Waals surface area (Å²) >= 11 is -2.47. The fourth-order valence-electron chi connectivity index (χ4n) is 1.54. The van der Waals surface area contributed by atoms with Gasteiger partial charge in [-0.1, -0.05) is 0 Å². The van der Waals surface area contributed by atoms with Crippen molar-refractivity contribution in [2.45, 2.75) is 18.9 Å². The number of carbonyl (C=O) groups is 2. The van der Waals surface area contributed by atoms with Gasteiger partial charge in [-0.25, -0.2) is 0 Å². The Morgan fingerprint density at radius 1 is 1.60 bits per heavy atom. The minimum atomic E-state index is -2.47. The summed E-state index contributed by atoms with van der Waals surface area (Å²) in [5.74, 6) is -1.07. The van der Waals surface area contributed by atoms with Crippen LogP contribution in [0.25, 0.3) is 0 Å². The first-order valence-corrected chi connectivity index (χ1v) is 5.38. The number of likely N-dealkylation sites (tertiary alicyclic amines) is 1. The van der Waals surface area contributed by atoms with Crippen LogP contribution in [0.1, 0.15) is 12.8 Å². The van der Waals surface area contributed by atoms with E-state index in [1.807, 2.05) is 0 Å². The fraction of sp³-hybridized carbons (Fsp3) is 0.714. The van der Waals surface area contributed by atoms with E-state index in [0.717, 1.165) is 0 Å². The molecule has 2 unspecified atom stereocenters. The zero-order chi connectivity index (χ0) is 11.4. The Kier molecular flexibility index (Phi) is 4.18. The standard InChI is InChI=1S/C7H12N2O5S/c8-7(11)5-2-1-3-9(5)6(10)4-14-15(12)13/h5H,1-4H2,(H2,8,11)(H,12,13). The van der Waals surface area contributed by atoms with Gasteiger partial charge < -0.3 is 10.6 Å². The Morgan fingerprint density at radius 2 is 2.27 bits per heavy atom. The van der Waals surface area contributed by atoms with Gasteiger partial charge in [-0.3, -0.25) is 18.3 Å². The molecule has 1 saturated heterocycles. The molecule has 0 aliphatic carbocycles. The average Bonchev–Trinajstić information content (AvgIpc) is 2.62. The summed E-state index contributed by atoms with van der Waals surface area (Å²) in [6, 6.07) is -0.617. The first-order valence-electron chi connectivity index (χ1n) is 4.35. The van der Waals surface area contributed by atoms with Gasteiger partial charge in [0.1, 0.15) is 12.6 Å². The molecule has 0 aromatic heterocycles. The van der Waals surface area contributed by atoms with Crippen LogP contribution in [0.2, 0.25) is 0 Å². The molecule has 3 N–H and O–H groups in total. The van der Waals surface area contributed by atoms with Gasteiger partial charge in [0.2, 0.25) is 5.91 Å². The molecule has 0 spiro atoms. The summed E-state index contributed by atoms with van der Waals surface area (Å²) in [7, 11) is 0. The predicted octanol–water partition coefficient (Wildman–Crippen LogP) is -1.38. The summed E-state index contributed by atoms with van der Waals surface area (Å²) < 4.78 is 22.7. The zero-order valence-electron chi connectivity index (χ0n) is 7.92. The molecule has 1 rings (SSSR count). The topological polar surface area (TPSA) is 110 Å². The normalized spacial score (nSPS) is 22.7. The largest absolute Gasteiger partial charge is 0.368 e. The number of carbonyl (C=O) groups excluding carboxylic acids is 2. The van der Waals surface area contributed by atoms with Crippen LogP contribution >= 0.6 is 0 Å². The van der Waals surface area contributed by atoms with Gasteiger partial charge in [0.05, 0.1) is 0 Å². The monoisotopic (exact) mass is 236 g/mol. The van der Waals surface area contributed by atoms with E-state index in [1.165, 1.54) is 4.90 Å². The average molecular weight is 236 g/mol. The van der Waals surface area contributed by atoms with Crippen molar-refractivity contribution in [1.29, 1.82) is 0 Å². The van der Waals surface area contributed by atoms with Crippen LogP contribution < -0.4 is 5.73 Å². The van der Waals surface area contributed by atoms with Gasteiger partial charge in [-0.2, -0.15) is 4.21 Å². The van der Waals surface area contributed by atoms with E-state index in [2.05, 4.69) is 4.18 Å². The first kappa shape index (κ1) is 12.1. The van der Waals surface area contributed by atoms with Crippen molar-refractivity contribution >= 4 is 23.2 Å². The Hall–Kier alpha value is -0.990. The highest BCUT2D eigenvalue weighted by Crippen LogP contribution is 2.16. The summed E-state index contributed by atoms with van der Waals surface area (Å²) in [6.45, 7) is -0.0965. The van der Waals surface area contributed by atoms with Crippen molar-refractivity contribution in [2.75, 3.05) is 13.2 Å². The second-order valence-corrected chi connectivity index (χ2v) is 3.80. The third-order valence-corrected chi connectivity index (χ3v) is 2.50. The van der Waals surface area contributed by atoms with E-state index < -0.39 is 35.8 Å². The number of hydrogen-bond donors (Lipinski definition) is 2. The Morgan fingerprint density at radius 3 is 2.80 bits per heavy atom. The van der Waals surface area contributed by atoms with Crippen molar-refractivity contribution in [3.8, 4) is 0 Å². The van der Waals surface area contributed by atoms with E-state index in [0.29, 0.717) is 19.4 Å². The third kappa shape index (κ3) is 3.26. The van der Waals surface area contributed by atoms with Gasteiger partial charge in [-0.15, -0.1) is 0 Å². The summed E-state index contributed by atoms with van der Waals surface area (Å²) in [5, 5.41) is 0. The van der Waals surface area contributed by atoms with Crippen LogP contribution in [0.15, 0.2) is 0 Å². The molecule has 2 amide bonds. The van der Waals surface area contributed by atoms with E-state index in [-0.39, 0.29) is 0 Å². The van der Waals surface area contributed by atoms with Crippen molar-refractivity contribution in [1.82, 2.24) is 4.90 Å². The van der Waals surface area contributed by atoms with Crippen molar-refractivity contribution in [2.24, 2.45) is 5.73 Å². The number of nitrogens with zero attached hydrogens (tertiary/aromatic N) is 1. The molecule has 0 aromatic rings. The Balaban J connectivity index is 2.51. The molecule has 1 fully saturated rings. The molecule has 2 atom stereocenters. The van der Waals surface area contributed by atoms with Gasteiger partial charge in [0.25, 0.3) is 5.91 Å². The van der Waals surface area contributed by atoms with Crippen LogP contribution in [-0.4, -0.2) is 44.7 Å². The molecule has 1 aliphatic rings. The van der Waals surface area contributed by atoms with Gasteiger partial charge in [0, 0.05) is 6.54 Å². The highest BCUT2D eigenvalue weighted by molar-refractivity contribution is 7.74. The molecule has 1 aliphatic heterocycles. The molecule has 1 heterocycles. The zero-order valence-corrected chi connectivity index (χ0v) is 8.74. The number of nitrogens with two attached hydrogens (primary N) is 1. The molecule has 86 valence electrons. The second-order valence-electron chi connectivity index (χ2n) is 3.13. The van der Waals surface area contributed by atoms with E-state index in [1.54, 1.807) is 0 Å². The lowest BCUT2D eigenvalue weighted by Gasteiger charge is -2.21. The summed E-state index contributed by atoms with van der Waals surface area (Å²) in [5.41, 5.74) is 5.10. The molecular weight excluding hydrogens is 224 g/mol. The smallest absolute Gasteiger partial charge is 0.302 e. The van der Waals surface area contributed by atoms with Crippen LogP contribution in [0.3, 0.4) is 0 Å². The molecule has 7 nitrogen and oxygen atoms in total. The second kappa shape index (κ2) is 5.19. The Bertz CT molecular complexity index is 295. The lowest BCUT2D eigenvalue weighted by Crippen LogP contribution is -2.45. The third-order valence-electron chi connectivity index (χ3n) is 2.18. The lowest BCUT2D eigenvalue weighted by molar-refractivity contribution is -0.138. The van der Waals surface area contributed by atoms with Gasteiger partial charge in [-0.05, 0) is 12.8 Å². The van der Waals surface area contributed by atoms with E-state index in [9.17, 15) is 13.8 Å². The predicted molar refractivity (Wildman–Crippen MR) is 50.7 cm³/mol. The lowest BCUT2D eigenvalue weighted by atomic mass is 10.2. The van der Waals surface area contributed by atoms with Crippen molar-refractivity contribution in [3.63, 3.8) is 0 Å². The van der Waals surface area contributed by atoms with E-state index in [4.69, 9.17) is 10.3 Å². The van der Waals surface area contributed by atoms with E-state index >= 15 is 0 Å². The van der Waals surface area contributed by atoms with Gasteiger partial charge in [0.15, 0.2) is 0 Å².